The average Bonchev–Trinajstić information content (AvgIpc) is 3.59. The number of ether oxygens (including phenoxy) is 1. The molecule has 0 heterocycles. The Kier molecular flexibility index (Phi) is 7.75. The summed E-state index contributed by atoms with van der Waals surface area (Å²) in [6.45, 7) is 10.2. The Balaban J connectivity index is 1.79. The number of rotatable bonds is 10. The van der Waals surface area contributed by atoms with E-state index in [2.05, 4.69) is 72.6 Å². The highest BCUT2D eigenvalue weighted by Gasteiger charge is 2.30. The lowest BCUT2D eigenvalue weighted by molar-refractivity contribution is 0.309. The number of hydrogen-bond acceptors (Lipinski definition) is 5. The molecule has 0 atom stereocenters. The predicted molar refractivity (Wildman–Crippen MR) is 132 cm³/mol. The first-order chi connectivity index (χ1) is 15.0. The summed E-state index contributed by atoms with van der Waals surface area (Å²) in [6, 6.07) is 13.4. The summed E-state index contributed by atoms with van der Waals surface area (Å²) in [5, 5.41) is 2.37. The number of hydrazine groups is 1. The maximum absolute atomic E-state index is 5.90. The first kappa shape index (κ1) is 22.9. The highest BCUT2D eigenvalue weighted by molar-refractivity contribution is 6.09. The van der Waals surface area contributed by atoms with Crippen LogP contribution < -0.4 is 15.9 Å². The van der Waals surface area contributed by atoms with Crippen molar-refractivity contribution < 1.29 is 4.74 Å². The molecule has 1 saturated carbocycles. The fourth-order valence-electron chi connectivity index (χ4n) is 3.73. The van der Waals surface area contributed by atoms with Crippen molar-refractivity contribution >= 4 is 17.5 Å². The Morgan fingerprint density at radius 1 is 1.26 bits per heavy atom. The second-order valence-electron chi connectivity index (χ2n) is 8.46. The maximum Gasteiger partial charge on any atom is 0.123 e. The molecule has 3 rings (SSSR count). The number of aryl methyl sites for hydroxylation is 1. The van der Waals surface area contributed by atoms with Crippen molar-refractivity contribution in [3.05, 3.63) is 64.9 Å². The van der Waals surface area contributed by atoms with Crippen LogP contribution in [0.4, 0.5) is 5.69 Å². The van der Waals surface area contributed by atoms with E-state index in [1.54, 1.807) is 19.5 Å². The molecule has 0 bridgehead atoms. The molecule has 1 aliphatic rings. The van der Waals surface area contributed by atoms with Crippen molar-refractivity contribution in [2.24, 2.45) is 10.7 Å². The van der Waals surface area contributed by atoms with E-state index in [0.29, 0.717) is 18.6 Å². The van der Waals surface area contributed by atoms with Crippen LogP contribution in [0.3, 0.4) is 0 Å². The molecule has 0 aromatic heterocycles. The van der Waals surface area contributed by atoms with Crippen molar-refractivity contribution in [1.29, 1.82) is 0 Å². The lowest BCUT2D eigenvalue weighted by Crippen LogP contribution is -2.32. The van der Waals surface area contributed by atoms with Crippen LogP contribution in [0.15, 0.2) is 47.6 Å². The molecule has 0 radical (unpaired) electrons. The van der Waals surface area contributed by atoms with E-state index in [-0.39, 0.29) is 0 Å². The van der Waals surface area contributed by atoms with Crippen molar-refractivity contribution in [2.45, 2.75) is 59.0 Å². The van der Waals surface area contributed by atoms with E-state index in [0.717, 1.165) is 29.1 Å². The highest BCUT2D eigenvalue weighted by atomic mass is 16.5. The van der Waals surface area contributed by atoms with E-state index in [4.69, 9.17) is 10.5 Å². The van der Waals surface area contributed by atoms with Crippen molar-refractivity contribution in [2.75, 3.05) is 19.1 Å². The molecule has 1 fully saturated rings. The van der Waals surface area contributed by atoms with Gasteiger partial charge in [-0.1, -0.05) is 32.0 Å². The van der Waals surface area contributed by atoms with E-state index >= 15 is 0 Å². The zero-order chi connectivity index (χ0) is 22.4. The third-order valence-electron chi connectivity index (χ3n) is 5.66. The molecule has 31 heavy (non-hydrogen) atoms. The Bertz CT molecular complexity index is 927. The monoisotopic (exact) mass is 420 g/mol. The number of nitrogens with zero attached hydrogens (tertiary/aromatic N) is 2. The molecule has 0 unspecified atom stereocenters. The number of anilines is 1. The largest absolute Gasteiger partial charge is 0.494 e. The lowest BCUT2D eigenvalue weighted by Gasteiger charge is -2.26. The topological polar surface area (TPSA) is 62.9 Å². The van der Waals surface area contributed by atoms with Crippen LogP contribution in [0, 0.1) is 6.92 Å². The van der Waals surface area contributed by atoms with Gasteiger partial charge in [-0.25, -0.2) is 5.01 Å². The number of hydrogen-bond donors (Lipinski definition) is 2. The fourth-order valence-corrected chi connectivity index (χ4v) is 3.73. The summed E-state index contributed by atoms with van der Waals surface area (Å²) >= 11 is 0. The SMILES string of the molecule is CCOc1cc(C)c(CN(Nc2ccc(/C(C=NC)=C/N)cc2)C2CC2)cc1C(C)C. The number of benzene rings is 2. The lowest BCUT2D eigenvalue weighted by atomic mass is 9.96. The summed E-state index contributed by atoms with van der Waals surface area (Å²) < 4.78 is 5.90. The standard InChI is InChI=1S/C26H36N4O/c1-6-31-26-13-19(4)21(14-25(26)18(2)3)17-30(24-11-12-24)29-23-9-7-20(8-10-23)22(15-27)16-28-5/h7-10,13-16,18,24,29H,6,11-12,17,27H2,1-5H3/b22-15+,28-16?. The van der Waals surface area contributed by atoms with E-state index in [1.807, 2.05) is 6.92 Å². The second-order valence-corrected chi connectivity index (χ2v) is 8.46. The summed E-state index contributed by atoms with van der Waals surface area (Å²) in [5.74, 6) is 1.44. The van der Waals surface area contributed by atoms with Crippen LogP contribution in [0.25, 0.3) is 5.57 Å². The summed E-state index contributed by atoms with van der Waals surface area (Å²) in [5.41, 5.74) is 16.3. The quantitative estimate of drug-likeness (QED) is 0.393. The van der Waals surface area contributed by atoms with Crippen LogP contribution >= 0.6 is 0 Å². The molecule has 0 amide bonds. The third-order valence-corrected chi connectivity index (χ3v) is 5.66. The van der Waals surface area contributed by atoms with Crippen LogP contribution in [-0.2, 0) is 6.54 Å². The Hall–Kier alpha value is -2.79. The van der Waals surface area contributed by atoms with Crippen molar-refractivity contribution in [1.82, 2.24) is 5.01 Å². The number of allylic oxidation sites excluding steroid dienone is 1. The first-order valence-electron chi connectivity index (χ1n) is 11.2. The van der Waals surface area contributed by atoms with E-state index < -0.39 is 0 Å². The molecule has 5 nitrogen and oxygen atoms in total. The summed E-state index contributed by atoms with van der Waals surface area (Å²) in [7, 11) is 1.75. The van der Waals surface area contributed by atoms with Crippen LogP contribution in [0.1, 0.15) is 61.8 Å². The van der Waals surface area contributed by atoms with Gasteiger partial charge in [-0.15, -0.1) is 0 Å². The molecule has 5 heteroatoms. The zero-order valence-electron chi connectivity index (χ0n) is 19.5. The van der Waals surface area contributed by atoms with Gasteiger partial charge >= 0.3 is 0 Å². The number of aliphatic imine (C=N–C) groups is 1. The van der Waals surface area contributed by atoms with Crippen molar-refractivity contribution in [3.63, 3.8) is 0 Å². The van der Waals surface area contributed by atoms with Gasteiger partial charge in [-0.3, -0.25) is 4.99 Å². The first-order valence-corrected chi connectivity index (χ1v) is 11.2. The van der Waals surface area contributed by atoms with Gasteiger partial charge in [0, 0.05) is 43.3 Å². The number of nitrogens with one attached hydrogen (secondary N) is 1. The molecule has 3 N–H and O–H groups in total. The molecule has 2 aromatic rings. The van der Waals surface area contributed by atoms with Gasteiger partial charge in [0.2, 0.25) is 0 Å². The molecule has 166 valence electrons. The van der Waals surface area contributed by atoms with Gasteiger partial charge in [0.25, 0.3) is 0 Å². The minimum absolute atomic E-state index is 0.423. The fraction of sp³-hybridized carbons (Fsp3) is 0.423. The summed E-state index contributed by atoms with van der Waals surface area (Å²) in [6.07, 6.45) is 5.82. The van der Waals surface area contributed by atoms with Crippen LogP contribution in [-0.4, -0.2) is 30.9 Å². The second kappa shape index (κ2) is 10.5. The van der Waals surface area contributed by atoms with Gasteiger partial charge < -0.3 is 15.9 Å². The Labute approximate surface area is 187 Å². The van der Waals surface area contributed by atoms with Crippen molar-refractivity contribution in [3.8, 4) is 5.75 Å². The minimum atomic E-state index is 0.423. The third kappa shape index (κ3) is 5.88. The molecular formula is C26H36N4O. The maximum atomic E-state index is 5.90. The molecular weight excluding hydrogens is 384 g/mol. The minimum Gasteiger partial charge on any atom is -0.494 e. The van der Waals surface area contributed by atoms with Gasteiger partial charge in [0.15, 0.2) is 0 Å². The Morgan fingerprint density at radius 2 is 1.97 bits per heavy atom. The Morgan fingerprint density at radius 3 is 2.52 bits per heavy atom. The van der Waals surface area contributed by atoms with Gasteiger partial charge in [0.05, 0.1) is 6.61 Å². The number of nitrogens with two attached hydrogens (primary N) is 1. The highest BCUT2D eigenvalue weighted by Crippen LogP contribution is 2.33. The molecule has 1 aliphatic carbocycles. The molecule has 0 saturated heterocycles. The smallest absolute Gasteiger partial charge is 0.123 e. The molecule has 2 aromatic carbocycles. The van der Waals surface area contributed by atoms with Crippen LogP contribution in [0.2, 0.25) is 0 Å². The molecule has 0 aliphatic heterocycles. The zero-order valence-corrected chi connectivity index (χ0v) is 19.5. The van der Waals surface area contributed by atoms with Gasteiger partial charge in [0.1, 0.15) is 5.75 Å². The van der Waals surface area contributed by atoms with Gasteiger partial charge in [-0.05, 0) is 73.1 Å². The van der Waals surface area contributed by atoms with Gasteiger partial charge in [-0.2, -0.15) is 0 Å². The average molecular weight is 421 g/mol. The molecule has 0 spiro atoms. The van der Waals surface area contributed by atoms with Crippen LogP contribution in [0.5, 0.6) is 5.75 Å². The normalized spacial score (nSPS) is 14.6. The van der Waals surface area contributed by atoms with E-state index in [1.165, 1.54) is 29.5 Å². The van der Waals surface area contributed by atoms with E-state index in [9.17, 15) is 0 Å². The summed E-state index contributed by atoms with van der Waals surface area (Å²) in [4.78, 5) is 4.07. The predicted octanol–water partition coefficient (Wildman–Crippen LogP) is 5.51.